The van der Waals surface area contributed by atoms with E-state index in [0.717, 1.165) is 5.69 Å². The van der Waals surface area contributed by atoms with E-state index in [9.17, 15) is 9.18 Å². The molecule has 4 rings (SSSR count). The highest BCUT2D eigenvalue weighted by molar-refractivity contribution is 6.32. The number of anilines is 2. The molecule has 3 heterocycles. The van der Waals surface area contributed by atoms with Crippen molar-refractivity contribution in [3.63, 3.8) is 0 Å². The Morgan fingerprint density at radius 3 is 2.79 bits per heavy atom. The lowest BCUT2D eigenvalue weighted by Crippen LogP contribution is -2.31. The van der Waals surface area contributed by atoms with Gasteiger partial charge in [0.15, 0.2) is 5.75 Å². The molecule has 0 saturated heterocycles. The van der Waals surface area contributed by atoms with Gasteiger partial charge in [-0.2, -0.15) is 0 Å². The molecule has 34 heavy (non-hydrogen) atoms. The zero-order chi connectivity index (χ0) is 24.5. The molecule has 0 unspecified atom stereocenters. The van der Waals surface area contributed by atoms with Gasteiger partial charge in [0.05, 0.1) is 41.5 Å². The lowest BCUT2D eigenvalue weighted by Gasteiger charge is -2.23. The molecule has 1 aliphatic heterocycles. The zero-order valence-electron chi connectivity index (χ0n) is 19.3. The van der Waals surface area contributed by atoms with Crippen LogP contribution in [0, 0.1) is 5.82 Å². The quantitative estimate of drug-likeness (QED) is 0.425. The number of hydrogen-bond acceptors (Lipinski definition) is 6. The fraction of sp³-hybridized carbons (Fsp3) is 0.333. The molecule has 0 bridgehead atoms. The first kappa shape index (κ1) is 23.8. The maximum Gasteiger partial charge on any atom is 0.255 e. The monoisotopic (exact) mass is 488 g/mol. The third-order valence-electron chi connectivity index (χ3n) is 5.66. The Hall–Kier alpha value is -3.30. The Bertz CT molecular complexity index is 1230. The smallest absolute Gasteiger partial charge is 0.255 e. The van der Waals surface area contributed by atoms with Gasteiger partial charge in [-0.15, -0.1) is 0 Å². The molecule has 0 fully saturated rings. The lowest BCUT2D eigenvalue weighted by atomic mass is 10.0. The molecule has 8 nitrogen and oxygen atoms in total. The lowest BCUT2D eigenvalue weighted by molar-refractivity contribution is -0.0146. The van der Waals surface area contributed by atoms with Crippen molar-refractivity contribution in [3.05, 3.63) is 52.7 Å². The molecule has 2 aromatic heterocycles. The predicted molar refractivity (Wildman–Crippen MR) is 128 cm³/mol. The average Bonchev–Trinajstić information content (AvgIpc) is 3.20. The van der Waals surface area contributed by atoms with Crippen molar-refractivity contribution in [3.8, 4) is 22.8 Å². The third kappa shape index (κ3) is 4.53. The minimum Gasteiger partial charge on any atom is -0.493 e. The summed E-state index contributed by atoms with van der Waals surface area (Å²) >= 11 is 6.12. The number of pyridine rings is 1. The SMILES string of the molecule is COc1c(Nc2c(-c3ccncc3OCC(C)(C)OC)[nH]c3c2C(=O)NCC3)ccc(F)c1Cl. The van der Waals surface area contributed by atoms with Gasteiger partial charge >= 0.3 is 0 Å². The number of carbonyl (C=O) groups excluding carboxylic acids is 1. The molecular formula is C24H26ClFN4O4. The highest BCUT2D eigenvalue weighted by Crippen LogP contribution is 2.43. The highest BCUT2D eigenvalue weighted by atomic mass is 35.5. The maximum absolute atomic E-state index is 14.0. The second kappa shape index (κ2) is 9.52. The number of carbonyl (C=O) groups is 1. The van der Waals surface area contributed by atoms with Crippen molar-refractivity contribution in [2.24, 2.45) is 0 Å². The largest absolute Gasteiger partial charge is 0.493 e. The number of hydrogen-bond donors (Lipinski definition) is 3. The van der Waals surface area contributed by atoms with Gasteiger partial charge in [-0.05, 0) is 32.0 Å². The van der Waals surface area contributed by atoms with Gasteiger partial charge in [-0.3, -0.25) is 9.78 Å². The van der Waals surface area contributed by atoms with Crippen molar-refractivity contribution in [1.82, 2.24) is 15.3 Å². The summed E-state index contributed by atoms with van der Waals surface area (Å²) in [5.74, 6) is -0.190. The number of nitrogens with zero attached hydrogens (tertiary/aromatic N) is 1. The van der Waals surface area contributed by atoms with Crippen LogP contribution < -0.4 is 20.1 Å². The number of amides is 1. The Morgan fingerprint density at radius 1 is 1.26 bits per heavy atom. The van der Waals surface area contributed by atoms with Crippen LogP contribution in [-0.2, 0) is 11.2 Å². The van der Waals surface area contributed by atoms with Crippen molar-refractivity contribution < 1.29 is 23.4 Å². The molecule has 1 aliphatic rings. The van der Waals surface area contributed by atoms with Crippen molar-refractivity contribution >= 4 is 28.9 Å². The van der Waals surface area contributed by atoms with E-state index < -0.39 is 11.4 Å². The molecular weight excluding hydrogens is 463 g/mol. The number of nitrogens with one attached hydrogen (secondary N) is 3. The van der Waals surface area contributed by atoms with Gasteiger partial charge in [0.2, 0.25) is 0 Å². The molecule has 3 aromatic rings. The minimum atomic E-state index is -0.608. The van der Waals surface area contributed by atoms with Gasteiger partial charge in [0, 0.05) is 37.5 Å². The van der Waals surface area contributed by atoms with Crippen LogP contribution >= 0.6 is 11.6 Å². The van der Waals surface area contributed by atoms with Gasteiger partial charge in [0.25, 0.3) is 5.91 Å². The molecule has 0 aliphatic carbocycles. The van der Waals surface area contributed by atoms with Gasteiger partial charge < -0.3 is 29.8 Å². The normalized spacial score (nSPS) is 13.3. The van der Waals surface area contributed by atoms with E-state index in [1.54, 1.807) is 25.6 Å². The van der Waals surface area contributed by atoms with Crippen LogP contribution in [0.25, 0.3) is 11.3 Å². The third-order valence-corrected chi connectivity index (χ3v) is 6.01. The molecule has 0 radical (unpaired) electrons. The summed E-state index contributed by atoms with van der Waals surface area (Å²) in [6.45, 7) is 4.63. The van der Waals surface area contributed by atoms with E-state index in [2.05, 4.69) is 20.6 Å². The first-order valence-corrected chi connectivity index (χ1v) is 11.1. The number of benzene rings is 1. The second-order valence-electron chi connectivity index (χ2n) is 8.43. The predicted octanol–water partition coefficient (Wildman–Crippen LogP) is 4.71. The van der Waals surface area contributed by atoms with Gasteiger partial charge in [-0.25, -0.2) is 4.39 Å². The molecule has 0 spiro atoms. The number of halogens is 2. The van der Waals surface area contributed by atoms with E-state index in [4.69, 9.17) is 25.8 Å². The maximum atomic E-state index is 14.0. The average molecular weight is 489 g/mol. The highest BCUT2D eigenvalue weighted by Gasteiger charge is 2.29. The summed E-state index contributed by atoms with van der Waals surface area (Å²) in [7, 11) is 3.02. The first-order valence-electron chi connectivity index (χ1n) is 10.7. The van der Waals surface area contributed by atoms with Crippen LogP contribution in [0.1, 0.15) is 29.9 Å². The zero-order valence-corrected chi connectivity index (χ0v) is 20.1. The van der Waals surface area contributed by atoms with Crippen molar-refractivity contribution in [2.45, 2.75) is 25.9 Å². The Balaban J connectivity index is 1.84. The number of aromatic amines is 1. The van der Waals surface area contributed by atoms with Gasteiger partial charge in [0.1, 0.15) is 23.2 Å². The summed E-state index contributed by atoms with van der Waals surface area (Å²) < 4.78 is 30.9. The topological polar surface area (TPSA) is 97.5 Å². The number of fused-ring (bicyclic) bond motifs is 1. The molecule has 180 valence electrons. The molecule has 0 atom stereocenters. The second-order valence-corrected chi connectivity index (χ2v) is 8.80. The fourth-order valence-electron chi connectivity index (χ4n) is 3.68. The van der Waals surface area contributed by atoms with Crippen LogP contribution in [0.3, 0.4) is 0 Å². The minimum absolute atomic E-state index is 0.131. The van der Waals surface area contributed by atoms with Gasteiger partial charge in [-0.1, -0.05) is 11.6 Å². The number of rotatable bonds is 8. The van der Waals surface area contributed by atoms with Crippen LogP contribution in [-0.4, -0.2) is 48.8 Å². The Morgan fingerprint density at radius 2 is 2.06 bits per heavy atom. The Labute approximate surface area is 201 Å². The van der Waals surface area contributed by atoms with E-state index >= 15 is 0 Å². The summed E-state index contributed by atoms with van der Waals surface area (Å²) in [4.78, 5) is 20.4. The number of aromatic nitrogens is 2. The summed E-state index contributed by atoms with van der Waals surface area (Å²) in [5.41, 5.74) is 2.94. The fourth-order valence-corrected chi connectivity index (χ4v) is 3.92. The molecule has 1 aromatic carbocycles. The number of H-pyrrole nitrogens is 1. The van der Waals surface area contributed by atoms with Crippen LogP contribution in [0.15, 0.2) is 30.6 Å². The molecule has 3 N–H and O–H groups in total. The Kier molecular flexibility index (Phi) is 6.67. The van der Waals surface area contributed by atoms with E-state index in [0.29, 0.717) is 46.9 Å². The van der Waals surface area contributed by atoms with E-state index in [-0.39, 0.29) is 23.3 Å². The van der Waals surface area contributed by atoms with Crippen LogP contribution in [0.2, 0.25) is 5.02 Å². The number of methoxy groups -OCH3 is 2. The summed E-state index contributed by atoms with van der Waals surface area (Å²) in [6, 6.07) is 4.54. The van der Waals surface area contributed by atoms with E-state index in [1.165, 1.54) is 19.2 Å². The number of ether oxygens (including phenoxy) is 3. The molecule has 10 heteroatoms. The van der Waals surface area contributed by atoms with Crippen molar-refractivity contribution in [2.75, 3.05) is 32.7 Å². The summed E-state index contributed by atoms with van der Waals surface area (Å²) in [6.07, 6.45) is 3.87. The summed E-state index contributed by atoms with van der Waals surface area (Å²) in [5, 5.41) is 5.95. The first-order chi connectivity index (χ1) is 16.3. The van der Waals surface area contributed by atoms with Crippen LogP contribution in [0.5, 0.6) is 11.5 Å². The molecule has 1 amide bonds. The van der Waals surface area contributed by atoms with E-state index in [1.807, 2.05) is 13.8 Å². The van der Waals surface area contributed by atoms with Crippen LogP contribution in [0.4, 0.5) is 15.8 Å². The van der Waals surface area contributed by atoms with Crippen molar-refractivity contribution in [1.29, 1.82) is 0 Å². The molecule has 0 saturated carbocycles. The standard InChI is InChI=1S/C24H26ClFN4O4/c1-24(2,33-4)12-34-17-11-27-9-7-13(17)20-21(18-15(29-20)8-10-28-23(18)31)30-16-6-5-14(26)19(25)22(16)32-3/h5-7,9,11,29-30H,8,10,12H2,1-4H3,(H,28,31).